The highest BCUT2D eigenvalue weighted by molar-refractivity contribution is 5.94. The first-order valence-corrected chi connectivity index (χ1v) is 11.3. The van der Waals surface area contributed by atoms with Crippen LogP contribution in [0.25, 0.3) is 0 Å². The van der Waals surface area contributed by atoms with E-state index in [2.05, 4.69) is 71.8 Å². The molecular weight excluding hydrogens is 372 g/mol. The number of piperazine rings is 1. The molecule has 3 aliphatic rings. The van der Waals surface area contributed by atoms with E-state index in [9.17, 15) is 4.79 Å². The smallest absolute Gasteiger partial charge is 0.224 e. The van der Waals surface area contributed by atoms with Crippen molar-refractivity contribution in [2.24, 2.45) is 5.92 Å². The number of rotatable bonds is 3. The molecule has 2 N–H and O–H groups in total. The number of para-hydroxylation sites is 1. The maximum Gasteiger partial charge on any atom is 0.224 e. The van der Waals surface area contributed by atoms with Gasteiger partial charge in [0, 0.05) is 66.7 Å². The van der Waals surface area contributed by atoms with E-state index in [1.54, 1.807) is 6.92 Å². The topological polar surface area (TPSA) is 47.6 Å². The highest BCUT2D eigenvalue weighted by Crippen LogP contribution is 2.44. The number of amides is 1. The lowest BCUT2D eigenvalue weighted by atomic mass is 9.82. The predicted molar refractivity (Wildman–Crippen MR) is 123 cm³/mol. The van der Waals surface area contributed by atoms with Crippen molar-refractivity contribution in [2.75, 3.05) is 28.2 Å². The van der Waals surface area contributed by atoms with Crippen molar-refractivity contribution in [3.8, 4) is 0 Å². The summed E-state index contributed by atoms with van der Waals surface area (Å²) in [6.45, 7) is 8.22. The molecule has 158 valence electrons. The lowest BCUT2D eigenvalue weighted by molar-refractivity contribution is -0.117. The van der Waals surface area contributed by atoms with Crippen LogP contribution in [-0.2, 0) is 4.79 Å². The zero-order chi connectivity index (χ0) is 20.8. The highest BCUT2D eigenvalue weighted by Gasteiger charge is 2.39. The number of fused-ring (bicyclic) bond motifs is 3. The number of anilines is 3. The average molecular weight is 405 g/mol. The summed E-state index contributed by atoms with van der Waals surface area (Å²) in [5.41, 5.74) is 4.66. The van der Waals surface area contributed by atoms with Gasteiger partial charge in [-0.05, 0) is 50.1 Å². The van der Waals surface area contributed by atoms with Crippen LogP contribution in [0.2, 0.25) is 0 Å². The first kappa shape index (κ1) is 19.4. The molecular formula is C25H32N4O. The van der Waals surface area contributed by atoms with Gasteiger partial charge in [-0.25, -0.2) is 0 Å². The molecule has 3 heterocycles. The lowest BCUT2D eigenvalue weighted by Crippen LogP contribution is -2.51. The highest BCUT2D eigenvalue weighted by atomic mass is 16.2. The number of hydrogen-bond donors (Lipinski definition) is 2. The predicted octanol–water partition coefficient (Wildman–Crippen LogP) is 4.17. The van der Waals surface area contributed by atoms with Gasteiger partial charge in [0.25, 0.3) is 0 Å². The first-order valence-electron chi connectivity index (χ1n) is 11.3. The molecule has 2 aromatic rings. The lowest BCUT2D eigenvalue weighted by Gasteiger charge is -2.45. The van der Waals surface area contributed by atoms with Crippen molar-refractivity contribution in [3.63, 3.8) is 0 Å². The second-order valence-electron chi connectivity index (χ2n) is 9.26. The van der Waals surface area contributed by atoms with Crippen molar-refractivity contribution in [2.45, 2.75) is 57.8 Å². The van der Waals surface area contributed by atoms with Gasteiger partial charge in [0.15, 0.2) is 0 Å². The second-order valence-corrected chi connectivity index (χ2v) is 9.26. The maximum absolute atomic E-state index is 12.6. The van der Waals surface area contributed by atoms with Crippen LogP contribution in [-0.4, -0.2) is 37.1 Å². The molecule has 5 atom stereocenters. The number of hydrogen-bond acceptors (Lipinski definition) is 4. The van der Waals surface area contributed by atoms with Crippen LogP contribution in [0, 0.1) is 5.92 Å². The molecule has 0 spiro atoms. The van der Waals surface area contributed by atoms with E-state index < -0.39 is 0 Å². The summed E-state index contributed by atoms with van der Waals surface area (Å²) >= 11 is 0. The molecule has 0 radical (unpaired) electrons. The third kappa shape index (κ3) is 3.35. The Hall–Kier alpha value is -2.53. The van der Waals surface area contributed by atoms with Gasteiger partial charge >= 0.3 is 0 Å². The summed E-state index contributed by atoms with van der Waals surface area (Å²) < 4.78 is 0. The summed E-state index contributed by atoms with van der Waals surface area (Å²) in [5, 5.41) is 7.49. The molecule has 30 heavy (non-hydrogen) atoms. The van der Waals surface area contributed by atoms with E-state index in [0.717, 1.165) is 24.5 Å². The Morgan fingerprint density at radius 3 is 2.40 bits per heavy atom. The van der Waals surface area contributed by atoms with Crippen LogP contribution >= 0.6 is 0 Å². The van der Waals surface area contributed by atoms with Gasteiger partial charge in [-0.2, -0.15) is 0 Å². The van der Waals surface area contributed by atoms with Crippen LogP contribution in [0.15, 0.2) is 48.5 Å². The summed E-state index contributed by atoms with van der Waals surface area (Å²) in [6.07, 6.45) is 2.55. The summed E-state index contributed by atoms with van der Waals surface area (Å²) in [5.74, 6) is 0.401. The molecule has 0 aromatic heterocycles. The third-order valence-electron chi connectivity index (χ3n) is 7.32. The second kappa shape index (κ2) is 7.62. The Morgan fingerprint density at radius 1 is 1.03 bits per heavy atom. The Bertz CT molecular complexity index is 918. The normalized spacial score (nSPS) is 30.2. The van der Waals surface area contributed by atoms with Crippen molar-refractivity contribution >= 4 is 23.0 Å². The molecule has 5 heteroatoms. The minimum absolute atomic E-state index is 0.113. The van der Waals surface area contributed by atoms with Crippen LogP contribution in [0.5, 0.6) is 0 Å². The molecule has 5 rings (SSSR count). The largest absolute Gasteiger partial charge is 0.378 e. The van der Waals surface area contributed by atoms with Crippen molar-refractivity contribution in [3.05, 3.63) is 54.1 Å². The zero-order valence-corrected chi connectivity index (χ0v) is 18.1. The molecule has 0 aliphatic carbocycles. The molecule has 3 aliphatic heterocycles. The van der Waals surface area contributed by atoms with Crippen LogP contribution in [0.1, 0.15) is 45.2 Å². The number of carbonyl (C=O) groups is 1. The Balaban J connectivity index is 1.54. The number of carbonyl (C=O) groups excluding carboxylic acids is 1. The van der Waals surface area contributed by atoms with Crippen LogP contribution in [0.4, 0.5) is 17.1 Å². The molecule has 2 unspecified atom stereocenters. The van der Waals surface area contributed by atoms with Crippen molar-refractivity contribution in [1.82, 2.24) is 5.32 Å². The van der Waals surface area contributed by atoms with E-state index in [1.165, 1.54) is 24.1 Å². The monoisotopic (exact) mass is 404 g/mol. The summed E-state index contributed by atoms with van der Waals surface area (Å²) in [7, 11) is 0. The van der Waals surface area contributed by atoms with Gasteiger partial charge in [-0.15, -0.1) is 0 Å². The fourth-order valence-electron chi connectivity index (χ4n) is 5.61. The minimum Gasteiger partial charge on any atom is -0.378 e. The van der Waals surface area contributed by atoms with Gasteiger partial charge in [0.05, 0.1) is 6.04 Å². The Morgan fingerprint density at radius 2 is 1.73 bits per heavy atom. The van der Waals surface area contributed by atoms with E-state index in [0.29, 0.717) is 12.1 Å². The molecule has 1 amide bonds. The number of nitrogens with zero attached hydrogens (tertiary/aromatic N) is 2. The molecule has 2 aromatic carbocycles. The Kier molecular flexibility index (Phi) is 4.94. The quantitative estimate of drug-likeness (QED) is 0.806. The molecule has 5 nitrogen and oxygen atoms in total. The van der Waals surface area contributed by atoms with Gasteiger partial charge in [0.1, 0.15) is 0 Å². The van der Waals surface area contributed by atoms with Gasteiger partial charge in [-0.1, -0.05) is 25.1 Å². The van der Waals surface area contributed by atoms with Crippen LogP contribution < -0.4 is 20.4 Å². The maximum atomic E-state index is 12.6. The average Bonchev–Trinajstić information content (AvgIpc) is 3.09. The molecule has 2 saturated heterocycles. The van der Waals surface area contributed by atoms with E-state index in [-0.39, 0.29) is 23.9 Å². The first-order chi connectivity index (χ1) is 14.5. The SMILES string of the molecule is CC(=O)N1c2ccc(N3C[C@H]4CC[C@@H](C3)N4)cc2C(Nc2ccccc2)C(C)[C@@H]1C. The minimum atomic E-state index is 0.113. The fourth-order valence-corrected chi connectivity index (χ4v) is 5.61. The fraction of sp³-hybridized carbons (Fsp3) is 0.480. The van der Waals surface area contributed by atoms with Gasteiger partial charge in [-0.3, -0.25) is 4.79 Å². The number of nitrogens with one attached hydrogen (secondary N) is 2. The third-order valence-corrected chi connectivity index (χ3v) is 7.32. The number of benzene rings is 2. The van der Waals surface area contributed by atoms with E-state index in [1.807, 2.05) is 11.0 Å². The molecule has 2 bridgehead atoms. The molecule has 2 fully saturated rings. The van der Waals surface area contributed by atoms with Gasteiger partial charge < -0.3 is 20.4 Å². The van der Waals surface area contributed by atoms with E-state index in [4.69, 9.17) is 0 Å². The summed E-state index contributed by atoms with van der Waals surface area (Å²) in [4.78, 5) is 17.1. The standard InChI is InChI=1S/C25H32N4O/c1-16-17(2)29(18(3)30)24-12-11-22(28-14-20-9-10-21(15-28)26-20)13-23(24)25(16)27-19-7-5-4-6-8-19/h4-8,11-13,16-17,20-21,25-27H,9-10,14-15H2,1-3H3/t16?,17-,20-,21+,25?/m0/s1. The Labute approximate surface area is 179 Å². The van der Waals surface area contributed by atoms with Crippen LogP contribution in [0.3, 0.4) is 0 Å². The van der Waals surface area contributed by atoms with Gasteiger partial charge in [0.2, 0.25) is 5.91 Å². The van der Waals surface area contributed by atoms with Crippen molar-refractivity contribution < 1.29 is 4.79 Å². The summed E-state index contributed by atoms with van der Waals surface area (Å²) in [6, 6.07) is 18.6. The van der Waals surface area contributed by atoms with E-state index >= 15 is 0 Å². The van der Waals surface area contributed by atoms with Crippen molar-refractivity contribution in [1.29, 1.82) is 0 Å². The molecule has 0 saturated carbocycles. The zero-order valence-electron chi connectivity index (χ0n) is 18.1.